The first-order valence-electron chi connectivity index (χ1n) is 12.5. The predicted molar refractivity (Wildman–Crippen MR) is 129 cm³/mol. The Bertz CT molecular complexity index is 961. The normalized spacial score (nSPS) is 26.7. The van der Waals surface area contributed by atoms with Gasteiger partial charge >= 0.3 is 0 Å². The third-order valence-electron chi connectivity index (χ3n) is 7.10. The highest BCUT2D eigenvalue weighted by Crippen LogP contribution is 2.23. The summed E-state index contributed by atoms with van der Waals surface area (Å²) in [7, 11) is 0. The molecular weight excluding hydrogens is 450 g/mol. The molecule has 2 N–H and O–H groups in total. The molecule has 3 heterocycles. The van der Waals surface area contributed by atoms with Gasteiger partial charge in [-0.05, 0) is 38.4 Å². The molecule has 35 heavy (non-hydrogen) atoms. The summed E-state index contributed by atoms with van der Waals surface area (Å²) >= 11 is 0. The fourth-order valence-electron chi connectivity index (χ4n) is 5.00. The number of carbonyl (C=O) groups excluding carboxylic acids is 4. The van der Waals surface area contributed by atoms with Gasteiger partial charge in [-0.1, -0.05) is 19.1 Å². The summed E-state index contributed by atoms with van der Waals surface area (Å²) in [5.41, 5.74) is 0.294. The van der Waals surface area contributed by atoms with Crippen LogP contribution in [0.5, 0.6) is 5.75 Å². The Hall–Kier alpha value is -3.14. The molecule has 2 saturated heterocycles. The molecule has 4 amide bonds. The monoisotopic (exact) mass is 485 g/mol. The van der Waals surface area contributed by atoms with Gasteiger partial charge in [-0.15, -0.1) is 0 Å². The van der Waals surface area contributed by atoms with Gasteiger partial charge in [-0.25, -0.2) is 0 Å². The first kappa shape index (κ1) is 25.0. The summed E-state index contributed by atoms with van der Waals surface area (Å²) in [6.07, 6.45) is 1.40. The number of rotatable bonds is 2. The van der Waals surface area contributed by atoms with Crippen molar-refractivity contribution in [2.75, 3.05) is 45.9 Å². The zero-order chi connectivity index (χ0) is 24.9. The summed E-state index contributed by atoms with van der Waals surface area (Å²) < 4.78 is 6.01. The number of piperazine rings is 1. The maximum atomic E-state index is 13.4. The molecule has 0 radical (unpaired) electrons. The van der Waals surface area contributed by atoms with Crippen molar-refractivity contribution in [3.8, 4) is 5.75 Å². The number of benzene rings is 1. The number of fused-ring (bicyclic) bond motifs is 2. The summed E-state index contributed by atoms with van der Waals surface area (Å²) in [5.74, 6) is -0.996. The van der Waals surface area contributed by atoms with Crippen LogP contribution in [0.2, 0.25) is 0 Å². The van der Waals surface area contributed by atoms with Crippen molar-refractivity contribution in [1.82, 2.24) is 25.3 Å². The van der Waals surface area contributed by atoms with Crippen molar-refractivity contribution in [3.05, 3.63) is 29.8 Å². The topological polar surface area (TPSA) is 111 Å². The van der Waals surface area contributed by atoms with Gasteiger partial charge in [0.05, 0.1) is 18.0 Å². The van der Waals surface area contributed by atoms with Crippen molar-refractivity contribution in [2.45, 2.75) is 51.2 Å². The molecule has 3 atom stereocenters. The Labute approximate surface area is 205 Å². The summed E-state index contributed by atoms with van der Waals surface area (Å²) in [6.45, 7) is 8.04. The van der Waals surface area contributed by atoms with Gasteiger partial charge in [0.15, 0.2) is 0 Å². The number of nitrogens with one attached hydrogen (secondary N) is 2. The molecule has 4 rings (SSSR count). The van der Waals surface area contributed by atoms with Crippen LogP contribution < -0.4 is 15.4 Å². The number of hydrogen-bond donors (Lipinski definition) is 2. The summed E-state index contributed by atoms with van der Waals surface area (Å²) in [4.78, 5) is 58.3. The smallest absolute Gasteiger partial charge is 0.255 e. The van der Waals surface area contributed by atoms with Gasteiger partial charge in [-0.3, -0.25) is 19.2 Å². The van der Waals surface area contributed by atoms with Crippen molar-refractivity contribution in [1.29, 1.82) is 0 Å². The van der Waals surface area contributed by atoms with E-state index >= 15 is 0 Å². The standard InChI is InChI=1S/C25H35N5O5/c1-3-28-11-13-29(14-12-28)25(34)20-15-22(31)26-17(2)24(33)30-10-6-7-18(30)16-35-21-9-5-4-8-19(21)23(32)27-20/h4-5,8-9,17-18,20H,3,6-7,10-16H2,1-2H3,(H,26,31)(H,27,32)/t17-,18+,20-/m0/s1. The fraction of sp³-hybridized carbons (Fsp3) is 0.600. The Kier molecular flexibility index (Phi) is 7.90. The second kappa shape index (κ2) is 11.1. The van der Waals surface area contributed by atoms with E-state index in [9.17, 15) is 19.2 Å². The van der Waals surface area contributed by atoms with E-state index in [1.165, 1.54) is 0 Å². The molecule has 2 fully saturated rings. The third kappa shape index (κ3) is 5.75. The van der Waals surface area contributed by atoms with Crippen LogP contribution in [0.15, 0.2) is 24.3 Å². The van der Waals surface area contributed by atoms with Crippen LogP contribution in [0.4, 0.5) is 0 Å². The Morgan fingerprint density at radius 3 is 2.54 bits per heavy atom. The van der Waals surface area contributed by atoms with Crippen LogP contribution >= 0.6 is 0 Å². The Morgan fingerprint density at radius 2 is 1.80 bits per heavy atom. The van der Waals surface area contributed by atoms with Gasteiger partial charge < -0.3 is 30.1 Å². The van der Waals surface area contributed by atoms with Crippen LogP contribution in [0.25, 0.3) is 0 Å². The lowest BCUT2D eigenvalue weighted by molar-refractivity contribution is -0.139. The van der Waals surface area contributed by atoms with Crippen LogP contribution in [0, 0.1) is 0 Å². The molecule has 0 bridgehead atoms. The van der Waals surface area contributed by atoms with E-state index in [1.807, 2.05) is 0 Å². The first-order chi connectivity index (χ1) is 16.9. The molecule has 0 spiro atoms. The quantitative estimate of drug-likeness (QED) is 0.620. The van der Waals surface area contributed by atoms with Crippen molar-refractivity contribution < 1.29 is 23.9 Å². The number of likely N-dealkylation sites (N-methyl/N-ethyl adjacent to an activating group) is 1. The van der Waals surface area contributed by atoms with Crippen LogP contribution in [0.3, 0.4) is 0 Å². The SMILES string of the molecule is CCN1CCN(C(=O)[C@@H]2CC(=O)N[C@@H](C)C(=O)N3CCC[C@@H]3COc3ccccc3C(=O)N2)CC1. The highest BCUT2D eigenvalue weighted by molar-refractivity contribution is 6.01. The number of nitrogens with zero attached hydrogens (tertiary/aromatic N) is 3. The molecule has 10 heteroatoms. The Morgan fingerprint density at radius 1 is 1.06 bits per heavy atom. The number of carbonyl (C=O) groups is 4. The van der Waals surface area contributed by atoms with E-state index in [0.29, 0.717) is 30.9 Å². The fourth-order valence-corrected chi connectivity index (χ4v) is 5.00. The molecule has 3 aliphatic rings. The minimum atomic E-state index is -1.05. The molecule has 1 aromatic rings. The lowest BCUT2D eigenvalue weighted by Gasteiger charge is -2.36. The zero-order valence-electron chi connectivity index (χ0n) is 20.5. The molecular formula is C25H35N5O5. The lowest BCUT2D eigenvalue weighted by atomic mass is 10.1. The van der Waals surface area contributed by atoms with Crippen LogP contribution in [-0.4, -0.2) is 102 Å². The molecule has 0 aliphatic carbocycles. The molecule has 1 aromatic carbocycles. The van der Waals surface area contributed by atoms with Gasteiger partial charge in [0, 0.05) is 32.7 Å². The van der Waals surface area contributed by atoms with E-state index in [0.717, 1.165) is 32.5 Å². The van der Waals surface area contributed by atoms with Crippen molar-refractivity contribution in [2.24, 2.45) is 0 Å². The molecule has 0 saturated carbocycles. The van der Waals surface area contributed by atoms with Crippen LogP contribution in [0.1, 0.15) is 43.5 Å². The number of amides is 4. The highest BCUT2D eigenvalue weighted by Gasteiger charge is 2.35. The first-order valence-corrected chi connectivity index (χ1v) is 12.5. The van der Waals surface area contributed by atoms with Crippen molar-refractivity contribution in [3.63, 3.8) is 0 Å². The molecule has 190 valence electrons. The van der Waals surface area contributed by atoms with Crippen molar-refractivity contribution >= 4 is 23.6 Å². The zero-order valence-corrected chi connectivity index (χ0v) is 20.5. The maximum absolute atomic E-state index is 13.4. The molecule has 10 nitrogen and oxygen atoms in total. The van der Waals surface area contributed by atoms with E-state index in [-0.39, 0.29) is 30.9 Å². The van der Waals surface area contributed by atoms with E-state index in [2.05, 4.69) is 22.5 Å². The number of ether oxygens (including phenoxy) is 1. The molecule has 3 aliphatic heterocycles. The van der Waals surface area contributed by atoms with Gasteiger partial charge in [-0.2, -0.15) is 0 Å². The predicted octanol–water partition coefficient (Wildman–Crippen LogP) is 0.227. The molecule has 0 aromatic heterocycles. The van der Waals surface area contributed by atoms with E-state index in [4.69, 9.17) is 4.74 Å². The van der Waals surface area contributed by atoms with Gasteiger partial charge in [0.2, 0.25) is 17.7 Å². The van der Waals surface area contributed by atoms with Crippen LogP contribution in [-0.2, 0) is 14.4 Å². The van der Waals surface area contributed by atoms with E-state index < -0.39 is 23.9 Å². The number of hydrogen-bond acceptors (Lipinski definition) is 6. The largest absolute Gasteiger partial charge is 0.491 e. The van der Waals surface area contributed by atoms with Gasteiger partial charge in [0.25, 0.3) is 5.91 Å². The average molecular weight is 486 g/mol. The third-order valence-corrected chi connectivity index (χ3v) is 7.10. The Balaban J connectivity index is 1.59. The second-order valence-electron chi connectivity index (χ2n) is 9.41. The van der Waals surface area contributed by atoms with E-state index in [1.54, 1.807) is 41.0 Å². The minimum absolute atomic E-state index is 0.128. The lowest BCUT2D eigenvalue weighted by Crippen LogP contribution is -2.56. The summed E-state index contributed by atoms with van der Waals surface area (Å²) in [6, 6.07) is 4.93. The maximum Gasteiger partial charge on any atom is 0.255 e. The average Bonchev–Trinajstić information content (AvgIpc) is 3.34. The van der Waals surface area contributed by atoms with Gasteiger partial charge in [0.1, 0.15) is 24.4 Å². The molecule has 0 unspecified atom stereocenters. The summed E-state index contributed by atoms with van der Waals surface area (Å²) in [5, 5.41) is 5.51. The highest BCUT2D eigenvalue weighted by atomic mass is 16.5. The second-order valence-corrected chi connectivity index (χ2v) is 9.41. The minimum Gasteiger partial charge on any atom is -0.491 e. The number of para-hydroxylation sites is 1.